The number of non-ortho nitro benzene ring substituents is 1. The Labute approximate surface area is 191 Å². The molecule has 3 N–H and O–H groups in total. The minimum Gasteiger partial charge on any atom is -0.342 e. The smallest absolute Gasteiger partial charge is 0.269 e. The minimum absolute atomic E-state index is 0.000172. The fourth-order valence-electron chi connectivity index (χ4n) is 1.65. The second kappa shape index (κ2) is 28.0. The summed E-state index contributed by atoms with van der Waals surface area (Å²) in [6, 6.07) is 5.70. The molecule has 0 aromatic heterocycles. The van der Waals surface area contributed by atoms with Crippen molar-refractivity contribution in [3.05, 3.63) is 39.9 Å². The van der Waals surface area contributed by atoms with Gasteiger partial charge in [-0.3, -0.25) is 14.9 Å². The lowest BCUT2D eigenvalue weighted by atomic mass is 10.1. The fourth-order valence-corrected chi connectivity index (χ4v) is 1.65. The van der Waals surface area contributed by atoms with Crippen LogP contribution < -0.4 is 11.1 Å². The van der Waals surface area contributed by atoms with Crippen molar-refractivity contribution in [3.63, 3.8) is 0 Å². The number of hydrogen-bond acceptors (Lipinski definition) is 6. The van der Waals surface area contributed by atoms with Gasteiger partial charge in [-0.2, -0.15) is 0 Å². The van der Waals surface area contributed by atoms with Gasteiger partial charge in [-0.15, -0.1) is 0 Å². The number of nitrogens with one attached hydrogen (secondary N) is 1. The van der Waals surface area contributed by atoms with Gasteiger partial charge in [0.15, 0.2) is 0 Å². The first-order valence-corrected chi connectivity index (χ1v) is 11.0. The highest BCUT2D eigenvalue weighted by Gasteiger charge is 2.12. The third-order valence-electron chi connectivity index (χ3n) is 3.06. The van der Waals surface area contributed by atoms with Gasteiger partial charge in [-0.1, -0.05) is 40.5 Å². The van der Waals surface area contributed by atoms with Gasteiger partial charge in [0.05, 0.1) is 4.92 Å². The number of nitro groups is 1. The lowest BCUT2D eigenvalue weighted by Gasteiger charge is -2.16. The Kier molecular flexibility index (Phi) is 32.8. The second-order valence-corrected chi connectivity index (χ2v) is 6.87. The molecule has 1 amide bonds. The highest BCUT2D eigenvalue weighted by atomic mass is 16.6. The van der Waals surface area contributed by atoms with Crippen molar-refractivity contribution in [2.75, 3.05) is 55.4 Å². The Bertz CT molecular complexity index is 504. The second-order valence-electron chi connectivity index (χ2n) is 6.87. The Morgan fingerprint density at radius 3 is 1.68 bits per heavy atom. The molecule has 0 aliphatic heterocycles. The number of nitrogens with zero attached hydrogens (tertiary/aromatic N) is 3. The van der Waals surface area contributed by atoms with E-state index in [4.69, 9.17) is 5.73 Å². The van der Waals surface area contributed by atoms with Crippen LogP contribution in [0.3, 0.4) is 0 Å². The molecule has 0 fully saturated rings. The summed E-state index contributed by atoms with van der Waals surface area (Å²) in [4.78, 5) is 25.7. The lowest BCUT2D eigenvalue weighted by Crippen LogP contribution is -2.27. The largest absolute Gasteiger partial charge is 0.342 e. The van der Waals surface area contributed by atoms with Gasteiger partial charge >= 0.3 is 0 Å². The van der Waals surface area contributed by atoms with Crippen LogP contribution in [0.5, 0.6) is 0 Å². The predicted molar refractivity (Wildman–Crippen MR) is 135 cm³/mol. The van der Waals surface area contributed by atoms with E-state index in [1.807, 2.05) is 54.0 Å². The molecule has 0 atom stereocenters. The van der Waals surface area contributed by atoms with Crippen LogP contribution in [0.4, 0.5) is 5.69 Å². The monoisotopic (exact) mass is 443 g/mol. The van der Waals surface area contributed by atoms with Crippen molar-refractivity contribution in [2.24, 2.45) is 5.73 Å². The average molecular weight is 444 g/mol. The molecule has 0 unspecified atom stereocenters. The number of carbonyl (C=O) groups is 1. The van der Waals surface area contributed by atoms with Crippen molar-refractivity contribution in [1.29, 1.82) is 0 Å². The lowest BCUT2D eigenvalue weighted by molar-refractivity contribution is -0.384. The zero-order valence-corrected chi connectivity index (χ0v) is 21.7. The molecule has 0 aliphatic carbocycles. The molecule has 0 heterocycles. The Morgan fingerprint density at radius 1 is 1.00 bits per heavy atom. The number of hydrogen-bond donors (Lipinski definition) is 2. The molecular weight excluding hydrogens is 394 g/mol. The molecule has 1 aromatic rings. The SMILES string of the molecule is CC.CCCCCN(C)C(=O)c1ccc([N+](=O)[O-])cc1.CCCN.CN(C)C.CNC. The van der Waals surface area contributed by atoms with Crippen molar-refractivity contribution in [1.82, 2.24) is 15.1 Å². The maximum absolute atomic E-state index is 12.0. The van der Waals surface area contributed by atoms with Gasteiger partial charge in [0, 0.05) is 31.3 Å². The number of nitrogens with two attached hydrogens (primary N) is 1. The van der Waals surface area contributed by atoms with Gasteiger partial charge in [-0.25, -0.2) is 0 Å². The van der Waals surface area contributed by atoms with Crippen LogP contribution in [-0.2, 0) is 0 Å². The van der Waals surface area contributed by atoms with E-state index in [-0.39, 0.29) is 11.6 Å². The first-order chi connectivity index (χ1) is 14.6. The van der Waals surface area contributed by atoms with E-state index in [1.54, 1.807) is 11.9 Å². The summed E-state index contributed by atoms with van der Waals surface area (Å²) in [6.45, 7) is 9.70. The van der Waals surface area contributed by atoms with Gasteiger partial charge in [0.1, 0.15) is 0 Å². The number of rotatable bonds is 7. The molecule has 0 bridgehead atoms. The van der Waals surface area contributed by atoms with Crippen LogP contribution in [0.25, 0.3) is 0 Å². The molecule has 0 saturated heterocycles. The summed E-state index contributed by atoms with van der Waals surface area (Å²) >= 11 is 0. The molecule has 8 nitrogen and oxygen atoms in total. The first-order valence-electron chi connectivity index (χ1n) is 11.0. The minimum atomic E-state index is -0.473. The first kappa shape index (κ1) is 36.3. The number of amides is 1. The van der Waals surface area contributed by atoms with Crippen LogP contribution in [0.1, 0.15) is 63.7 Å². The van der Waals surface area contributed by atoms with Gasteiger partial charge in [0.2, 0.25) is 0 Å². The van der Waals surface area contributed by atoms with E-state index in [0.717, 1.165) is 32.2 Å². The van der Waals surface area contributed by atoms with Crippen LogP contribution in [-0.4, -0.2) is 76.0 Å². The van der Waals surface area contributed by atoms with Crippen LogP contribution in [0.2, 0.25) is 0 Å². The van der Waals surface area contributed by atoms with Crippen molar-refractivity contribution in [3.8, 4) is 0 Å². The average Bonchev–Trinajstić information content (AvgIpc) is 2.75. The van der Waals surface area contributed by atoms with Crippen molar-refractivity contribution in [2.45, 2.75) is 53.4 Å². The zero-order chi connectivity index (χ0) is 25.2. The quantitative estimate of drug-likeness (QED) is 0.371. The molecule has 184 valence electrons. The van der Waals surface area contributed by atoms with Crippen LogP contribution >= 0.6 is 0 Å². The van der Waals surface area contributed by atoms with Crippen LogP contribution in [0.15, 0.2) is 24.3 Å². The predicted octanol–water partition coefficient (Wildman–Crippen LogP) is 4.25. The van der Waals surface area contributed by atoms with Crippen molar-refractivity contribution < 1.29 is 9.72 Å². The summed E-state index contributed by atoms with van der Waals surface area (Å²) in [5, 5.41) is 13.3. The number of nitro benzene ring substituents is 1. The standard InChI is InChI=1S/C13H18N2O3.2C3H9N.C2H7N.C2H6/c1-3-4-5-10-14(2)13(16)11-6-8-12(9-7-11)15(17)18;1-4(2)3;1-2-3-4;1-3-2;1-2/h6-9H,3-5,10H2,1-2H3;1-3H3;2-4H2,1H3;3H,1-2H3;1-2H3. The Balaban J connectivity index is -0.000000231. The molecule has 0 saturated carbocycles. The maximum Gasteiger partial charge on any atom is 0.269 e. The highest BCUT2D eigenvalue weighted by Crippen LogP contribution is 2.13. The number of unbranched alkanes of at least 4 members (excludes halogenated alkanes) is 2. The summed E-state index contributed by atoms with van der Waals surface area (Å²) < 4.78 is 0. The van der Waals surface area contributed by atoms with Gasteiger partial charge in [0.25, 0.3) is 11.6 Å². The van der Waals surface area contributed by atoms with E-state index in [2.05, 4.69) is 19.2 Å². The normalized spacial score (nSPS) is 8.77. The van der Waals surface area contributed by atoms with Crippen LogP contribution in [0, 0.1) is 10.1 Å². The topological polar surface area (TPSA) is 105 Å². The van der Waals surface area contributed by atoms with Gasteiger partial charge < -0.3 is 20.9 Å². The Hall–Kier alpha value is -2.03. The van der Waals surface area contributed by atoms with Gasteiger partial charge in [-0.05, 0) is 66.8 Å². The zero-order valence-electron chi connectivity index (χ0n) is 21.7. The number of benzene rings is 1. The fraction of sp³-hybridized carbons (Fsp3) is 0.696. The van der Waals surface area contributed by atoms with E-state index in [9.17, 15) is 14.9 Å². The maximum atomic E-state index is 12.0. The third-order valence-corrected chi connectivity index (χ3v) is 3.06. The molecule has 0 aliphatic rings. The summed E-state index contributed by atoms with van der Waals surface area (Å²) in [5.74, 6) is -0.0963. The molecule has 1 aromatic carbocycles. The molecule has 8 heteroatoms. The number of carbonyl (C=O) groups excluding carboxylic acids is 1. The Morgan fingerprint density at radius 2 is 1.39 bits per heavy atom. The third kappa shape index (κ3) is 28.0. The summed E-state index contributed by atoms with van der Waals surface area (Å²) in [5.41, 5.74) is 5.51. The van der Waals surface area contributed by atoms with E-state index >= 15 is 0 Å². The summed E-state index contributed by atoms with van der Waals surface area (Å²) in [7, 11) is 11.5. The highest BCUT2D eigenvalue weighted by molar-refractivity contribution is 5.94. The van der Waals surface area contributed by atoms with E-state index < -0.39 is 4.92 Å². The van der Waals surface area contributed by atoms with Crippen molar-refractivity contribution >= 4 is 11.6 Å². The van der Waals surface area contributed by atoms with E-state index in [1.165, 1.54) is 24.3 Å². The molecular formula is C23H49N5O3. The molecule has 31 heavy (non-hydrogen) atoms. The summed E-state index contributed by atoms with van der Waals surface area (Å²) in [6.07, 6.45) is 4.28. The molecule has 0 spiro atoms. The molecule has 0 radical (unpaired) electrons. The van der Waals surface area contributed by atoms with E-state index in [0.29, 0.717) is 12.1 Å². The molecule has 1 rings (SSSR count).